The van der Waals surface area contributed by atoms with E-state index < -0.39 is 0 Å². The first-order valence-corrected chi connectivity index (χ1v) is 9.72. The number of aryl methyl sites for hydroxylation is 2. The van der Waals surface area contributed by atoms with Gasteiger partial charge >= 0.3 is 6.03 Å². The van der Waals surface area contributed by atoms with Gasteiger partial charge in [0.2, 0.25) is 0 Å². The highest BCUT2D eigenvalue weighted by atomic mass is 16.2. The lowest BCUT2D eigenvalue weighted by Gasteiger charge is -2.12. The average molecular weight is 390 g/mol. The summed E-state index contributed by atoms with van der Waals surface area (Å²) in [6.45, 7) is 2.56. The molecule has 6 nitrogen and oxygen atoms in total. The molecule has 1 heterocycles. The summed E-state index contributed by atoms with van der Waals surface area (Å²) >= 11 is 0. The largest absolute Gasteiger partial charge is 0.378 e. The van der Waals surface area contributed by atoms with Gasteiger partial charge in [0.1, 0.15) is 0 Å². The molecule has 3 rings (SSSR count). The maximum atomic E-state index is 12.1. The molecular weight excluding hydrogens is 362 g/mol. The number of carbonyl (C=O) groups is 1. The van der Waals surface area contributed by atoms with Crippen LogP contribution in [-0.2, 0) is 6.42 Å². The summed E-state index contributed by atoms with van der Waals surface area (Å²) in [6.07, 6.45) is 3.56. The van der Waals surface area contributed by atoms with Crippen molar-refractivity contribution in [3.63, 3.8) is 0 Å². The van der Waals surface area contributed by atoms with E-state index in [1.165, 1.54) is 11.3 Å². The van der Waals surface area contributed by atoms with E-state index in [0.717, 1.165) is 29.8 Å². The van der Waals surface area contributed by atoms with Gasteiger partial charge in [-0.25, -0.2) is 14.8 Å². The van der Waals surface area contributed by atoms with E-state index in [9.17, 15) is 4.79 Å². The third-order valence-electron chi connectivity index (χ3n) is 4.58. The number of rotatable bonds is 7. The highest BCUT2D eigenvalue weighted by molar-refractivity contribution is 5.89. The molecule has 0 bridgehead atoms. The monoisotopic (exact) mass is 389 g/mol. The van der Waals surface area contributed by atoms with Crippen molar-refractivity contribution in [1.29, 1.82) is 0 Å². The zero-order valence-electron chi connectivity index (χ0n) is 17.1. The van der Waals surface area contributed by atoms with Gasteiger partial charge in [-0.1, -0.05) is 12.1 Å². The van der Waals surface area contributed by atoms with Gasteiger partial charge in [-0.2, -0.15) is 0 Å². The number of hydrogen-bond acceptors (Lipinski definition) is 4. The predicted molar refractivity (Wildman–Crippen MR) is 118 cm³/mol. The van der Waals surface area contributed by atoms with E-state index in [0.29, 0.717) is 12.4 Å². The molecule has 0 fully saturated rings. The lowest BCUT2D eigenvalue weighted by molar-refractivity contribution is 0.252. The highest BCUT2D eigenvalue weighted by Crippen LogP contribution is 2.18. The molecule has 1 aromatic heterocycles. The zero-order valence-corrected chi connectivity index (χ0v) is 17.1. The number of hydrogen-bond donors (Lipinski definition) is 2. The molecule has 0 aliphatic rings. The molecule has 0 aliphatic carbocycles. The van der Waals surface area contributed by atoms with E-state index >= 15 is 0 Å². The van der Waals surface area contributed by atoms with Crippen LogP contribution in [0.25, 0.3) is 11.4 Å². The Kier molecular flexibility index (Phi) is 6.79. The van der Waals surface area contributed by atoms with Gasteiger partial charge in [-0.05, 0) is 67.8 Å². The van der Waals surface area contributed by atoms with Crippen molar-refractivity contribution in [3.8, 4) is 11.4 Å². The second-order valence-electron chi connectivity index (χ2n) is 7.14. The van der Waals surface area contributed by atoms with E-state index in [-0.39, 0.29) is 6.03 Å². The first kappa shape index (κ1) is 20.3. The second-order valence-corrected chi connectivity index (χ2v) is 7.14. The van der Waals surface area contributed by atoms with Crippen LogP contribution in [0.15, 0.2) is 60.8 Å². The zero-order chi connectivity index (χ0) is 20.6. The molecule has 150 valence electrons. The Morgan fingerprint density at radius 1 is 1.00 bits per heavy atom. The Labute approximate surface area is 172 Å². The molecule has 6 heteroatoms. The smallest absolute Gasteiger partial charge is 0.319 e. The lowest BCUT2D eigenvalue weighted by atomic mass is 10.1. The Bertz CT molecular complexity index is 936. The molecule has 0 saturated heterocycles. The summed E-state index contributed by atoms with van der Waals surface area (Å²) in [6, 6.07) is 17.7. The minimum atomic E-state index is -0.201. The summed E-state index contributed by atoms with van der Waals surface area (Å²) in [5, 5.41) is 5.76. The number of benzene rings is 2. The molecule has 2 aromatic carbocycles. The van der Waals surface area contributed by atoms with Gasteiger partial charge in [0, 0.05) is 49.5 Å². The van der Waals surface area contributed by atoms with Crippen LogP contribution in [0.2, 0.25) is 0 Å². The van der Waals surface area contributed by atoms with Crippen LogP contribution in [0.1, 0.15) is 17.7 Å². The Balaban J connectivity index is 1.42. The fourth-order valence-electron chi connectivity index (χ4n) is 2.92. The fourth-order valence-corrected chi connectivity index (χ4v) is 2.92. The number of carbonyl (C=O) groups excluding carboxylic acids is 1. The van der Waals surface area contributed by atoms with Crippen LogP contribution in [-0.4, -0.2) is 36.6 Å². The van der Waals surface area contributed by atoms with Crippen molar-refractivity contribution in [2.75, 3.05) is 30.9 Å². The van der Waals surface area contributed by atoms with Crippen molar-refractivity contribution in [2.45, 2.75) is 19.8 Å². The molecule has 0 aliphatic heterocycles. The number of urea groups is 1. The quantitative estimate of drug-likeness (QED) is 0.592. The molecule has 0 atom stereocenters. The van der Waals surface area contributed by atoms with Gasteiger partial charge in [-0.3, -0.25) is 0 Å². The van der Waals surface area contributed by atoms with Crippen molar-refractivity contribution >= 4 is 17.4 Å². The number of nitrogens with one attached hydrogen (secondary N) is 2. The predicted octanol–water partition coefficient (Wildman–Crippen LogP) is 4.27. The Hall–Kier alpha value is -3.41. The molecule has 0 radical (unpaired) electrons. The average Bonchev–Trinajstić information content (AvgIpc) is 2.72. The van der Waals surface area contributed by atoms with Crippen molar-refractivity contribution in [2.24, 2.45) is 0 Å². The van der Waals surface area contributed by atoms with Crippen molar-refractivity contribution < 1.29 is 4.79 Å². The lowest BCUT2D eigenvalue weighted by Crippen LogP contribution is -2.29. The normalized spacial score (nSPS) is 10.4. The molecular formula is C23H27N5O. The van der Waals surface area contributed by atoms with Crippen molar-refractivity contribution in [1.82, 2.24) is 15.3 Å². The van der Waals surface area contributed by atoms with Crippen LogP contribution in [0.5, 0.6) is 0 Å². The molecule has 2 amide bonds. The van der Waals surface area contributed by atoms with Crippen LogP contribution in [0, 0.1) is 6.92 Å². The van der Waals surface area contributed by atoms with E-state index in [1.807, 2.05) is 51.4 Å². The number of anilines is 2. The van der Waals surface area contributed by atoms with E-state index in [1.54, 1.807) is 6.20 Å². The molecule has 2 N–H and O–H groups in total. The number of amides is 2. The molecule has 0 spiro atoms. The summed E-state index contributed by atoms with van der Waals surface area (Å²) in [7, 11) is 4.06. The minimum absolute atomic E-state index is 0.201. The summed E-state index contributed by atoms with van der Waals surface area (Å²) in [5.41, 5.74) is 5.03. The van der Waals surface area contributed by atoms with E-state index in [4.69, 9.17) is 0 Å². The molecule has 0 unspecified atom stereocenters. The second kappa shape index (κ2) is 9.68. The van der Waals surface area contributed by atoms with Crippen LogP contribution < -0.4 is 15.5 Å². The Morgan fingerprint density at radius 2 is 1.72 bits per heavy atom. The third-order valence-corrected chi connectivity index (χ3v) is 4.58. The van der Waals surface area contributed by atoms with Gasteiger partial charge in [0.05, 0.1) is 0 Å². The SMILES string of the molecule is Cc1ccnc(-c2ccc(NC(=O)NCCCc3ccc(N(C)C)cc3)cc2)n1. The van der Waals surface area contributed by atoms with Gasteiger partial charge in [-0.15, -0.1) is 0 Å². The maximum Gasteiger partial charge on any atom is 0.319 e. The molecule has 0 saturated carbocycles. The summed E-state index contributed by atoms with van der Waals surface area (Å²) < 4.78 is 0. The summed E-state index contributed by atoms with van der Waals surface area (Å²) in [5.74, 6) is 0.680. The van der Waals surface area contributed by atoms with Gasteiger partial charge < -0.3 is 15.5 Å². The number of aromatic nitrogens is 2. The first-order valence-electron chi connectivity index (χ1n) is 9.72. The Morgan fingerprint density at radius 3 is 2.38 bits per heavy atom. The van der Waals surface area contributed by atoms with Crippen molar-refractivity contribution in [3.05, 3.63) is 72.1 Å². The van der Waals surface area contributed by atoms with Crippen LogP contribution in [0.3, 0.4) is 0 Å². The standard InChI is InChI=1S/C23H27N5O/c1-17-14-16-24-22(26-17)19-8-10-20(11-9-19)27-23(29)25-15-4-5-18-6-12-21(13-7-18)28(2)3/h6-14,16H,4-5,15H2,1-3H3,(H2,25,27,29). The minimum Gasteiger partial charge on any atom is -0.378 e. The fraction of sp³-hybridized carbons (Fsp3) is 0.261. The maximum absolute atomic E-state index is 12.1. The van der Waals surface area contributed by atoms with Crippen LogP contribution >= 0.6 is 0 Å². The van der Waals surface area contributed by atoms with Crippen LogP contribution in [0.4, 0.5) is 16.2 Å². The summed E-state index contributed by atoms with van der Waals surface area (Å²) in [4.78, 5) is 22.9. The molecule has 29 heavy (non-hydrogen) atoms. The molecule has 3 aromatic rings. The first-order chi connectivity index (χ1) is 14.0. The van der Waals surface area contributed by atoms with E-state index in [2.05, 4.69) is 49.8 Å². The number of nitrogens with zero attached hydrogens (tertiary/aromatic N) is 3. The van der Waals surface area contributed by atoms with Gasteiger partial charge in [0.25, 0.3) is 0 Å². The third kappa shape index (κ3) is 6.04. The van der Waals surface area contributed by atoms with Gasteiger partial charge in [0.15, 0.2) is 5.82 Å². The highest BCUT2D eigenvalue weighted by Gasteiger charge is 2.04. The topological polar surface area (TPSA) is 70.2 Å².